The molecule has 0 unspecified atom stereocenters. The molecule has 0 fully saturated rings. The fraction of sp³-hybridized carbons (Fsp3) is 0.0588. The largest absolute Gasteiger partial charge is 0.489 e. The summed E-state index contributed by atoms with van der Waals surface area (Å²) in [4.78, 5) is 15.5. The van der Waals surface area contributed by atoms with E-state index in [9.17, 15) is 4.79 Å². The van der Waals surface area contributed by atoms with Crippen molar-refractivity contribution >= 4 is 17.6 Å². The lowest BCUT2D eigenvalue weighted by molar-refractivity contribution is 0.112. The summed E-state index contributed by atoms with van der Waals surface area (Å²) >= 11 is 1.38. The molecule has 1 aromatic heterocycles. The first-order chi connectivity index (χ1) is 10.3. The van der Waals surface area contributed by atoms with Gasteiger partial charge in [0.15, 0.2) is 6.29 Å². The van der Waals surface area contributed by atoms with E-state index in [1.165, 1.54) is 11.3 Å². The van der Waals surface area contributed by atoms with E-state index in [1.54, 1.807) is 6.20 Å². The molecule has 3 aromatic rings. The highest BCUT2D eigenvalue weighted by Crippen LogP contribution is 2.26. The Morgan fingerprint density at radius 2 is 1.81 bits per heavy atom. The summed E-state index contributed by atoms with van der Waals surface area (Å²) in [5, 5.41) is 0.840. The van der Waals surface area contributed by atoms with Gasteiger partial charge < -0.3 is 4.74 Å². The molecule has 4 heteroatoms. The van der Waals surface area contributed by atoms with Gasteiger partial charge in [-0.1, -0.05) is 30.3 Å². The van der Waals surface area contributed by atoms with Crippen LogP contribution in [0.1, 0.15) is 15.2 Å². The summed E-state index contributed by atoms with van der Waals surface area (Å²) in [6, 6.07) is 17.8. The maximum atomic E-state index is 10.7. The second-order valence-corrected chi connectivity index (χ2v) is 5.55. The molecule has 0 amide bonds. The molecule has 21 heavy (non-hydrogen) atoms. The predicted octanol–water partition coefficient (Wildman–Crippen LogP) is 4.20. The topological polar surface area (TPSA) is 39.2 Å². The van der Waals surface area contributed by atoms with Gasteiger partial charge in [-0.25, -0.2) is 4.98 Å². The highest BCUT2D eigenvalue weighted by Gasteiger charge is 2.04. The molecule has 1 heterocycles. The van der Waals surface area contributed by atoms with Crippen LogP contribution in [0.4, 0.5) is 0 Å². The van der Waals surface area contributed by atoms with Crippen molar-refractivity contribution in [2.45, 2.75) is 6.61 Å². The minimum absolute atomic E-state index is 0.548. The number of carbonyl (C=O) groups is 1. The highest BCUT2D eigenvalue weighted by atomic mass is 32.1. The Balaban J connectivity index is 1.68. The number of rotatable bonds is 5. The van der Waals surface area contributed by atoms with Crippen LogP contribution in [0.2, 0.25) is 0 Å². The van der Waals surface area contributed by atoms with Crippen LogP contribution in [0, 0.1) is 0 Å². The van der Waals surface area contributed by atoms with Crippen molar-refractivity contribution in [1.29, 1.82) is 0 Å². The third kappa shape index (κ3) is 3.35. The van der Waals surface area contributed by atoms with Crippen molar-refractivity contribution in [2.24, 2.45) is 0 Å². The van der Waals surface area contributed by atoms with Crippen LogP contribution in [0.5, 0.6) is 5.75 Å². The lowest BCUT2D eigenvalue weighted by atomic mass is 10.2. The molecule has 0 aliphatic heterocycles. The summed E-state index contributed by atoms with van der Waals surface area (Å²) in [6.07, 6.45) is 2.41. The highest BCUT2D eigenvalue weighted by molar-refractivity contribution is 7.16. The molecule has 0 saturated heterocycles. The fourth-order valence-electron chi connectivity index (χ4n) is 1.91. The molecule has 0 atom stereocenters. The average Bonchev–Trinajstić information content (AvgIpc) is 3.03. The van der Waals surface area contributed by atoms with Crippen molar-refractivity contribution in [3.63, 3.8) is 0 Å². The van der Waals surface area contributed by atoms with Crippen LogP contribution in [0.3, 0.4) is 0 Å². The SMILES string of the molecule is O=Cc1cnc(-c2ccc(OCc3ccccc3)cc2)s1. The smallest absolute Gasteiger partial charge is 0.161 e. The van der Waals surface area contributed by atoms with E-state index in [2.05, 4.69) is 4.98 Å². The zero-order valence-electron chi connectivity index (χ0n) is 11.2. The average molecular weight is 295 g/mol. The first-order valence-corrected chi connectivity index (χ1v) is 7.35. The number of hydrogen-bond acceptors (Lipinski definition) is 4. The summed E-state index contributed by atoms with van der Waals surface area (Å²) in [7, 11) is 0. The van der Waals surface area contributed by atoms with Crippen molar-refractivity contribution < 1.29 is 9.53 Å². The van der Waals surface area contributed by atoms with E-state index in [-0.39, 0.29) is 0 Å². The third-order valence-corrected chi connectivity index (χ3v) is 3.96. The van der Waals surface area contributed by atoms with E-state index < -0.39 is 0 Å². The molecule has 0 N–H and O–H groups in total. The van der Waals surface area contributed by atoms with Crippen molar-refractivity contribution in [3.05, 3.63) is 71.2 Å². The molecular formula is C17H13NO2S. The molecule has 0 aliphatic rings. The van der Waals surface area contributed by atoms with Gasteiger partial charge in [-0.05, 0) is 29.8 Å². The van der Waals surface area contributed by atoms with Gasteiger partial charge in [-0.15, -0.1) is 11.3 Å². The number of aromatic nitrogens is 1. The van der Waals surface area contributed by atoms with Crippen LogP contribution in [-0.4, -0.2) is 11.3 Å². The minimum atomic E-state index is 0.548. The molecule has 0 aliphatic carbocycles. The van der Waals surface area contributed by atoms with Crippen molar-refractivity contribution in [2.75, 3.05) is 0 Å². The van der Waals surface area contributed by atoms with E-state index in [0.717, 1.165) is 28.2 Å². The predicted molar refractivity (Wildman–Crippen MR) is 83.7 cm³/mol. The van der Waals surface area contributed by atoms with Crippen LogP contribution in [0.15, 0.2) is 60.8 Å². The van der Waals surface area contributed by atoms with Gasteiger partial charge in [-0.3, -0.25) is 4.79 Å². The lowest BCUT2D eigenvalue weighted by Crippen LogP contribution is -1.94. The monoisotopic (exact) mass is 295 g/mol. The van der Waals surface area contributed by atoms with Gasteiger partial charge in [0.2, 0.25) is 0 Å². The summed E-state index contributed by atoms with van der Waals surface area (Å²) in [5.41, 5.74) is 2.12. The minimum Gasteiger partial charge on any atom is -0.489 e. The molecule has 0 radical (unpaired) electrons. The second-order valence-electron chi connectivity index (χ2n) is 4.48. The Morgan fingerprint density at radius 3 is 2.48 bits per heavy atom. The maximum absolute atomic E-state index is 10.7. The first-order valence-electron chi connectivity index (χ1n) is 6.53. The van der Waals surface area contributed by atoms with Crippen molar-refractivity contribution in [3.8, 4) is 16.3 Å². The Hall–Kier alpha value is -2.46. The van der Waals surface area contributed by atoms with Gasteiger partial charge in [0, 0.05) is 11.8 Å². The lowest BCUT2D eigenvalue weighted by Gasteiger charge is -2.06. The zero-order valence-corrected chi connectivity index (χ0v) is 12.0. The number of thiazole rings is 1. The Kier molecular flexibility index (Phi) is 4.07. The number of ether oxygens (including phenoxy) is 1. The van der Waals surface area contributed by atoms with Gasteiger partial charge >= 0.3 is 0 Å². The zero-order chi connectivity index (χ0) is 14.5. The number of carbonyl (C=O) groups excluding carboxylic acids is 1. The quantitative estimate of drug-likeness (QED) is 0.662. The fourth-order valence-corrected chi connectivity index (χ4v) is 2.65. The molecule has 104 valence electrons. The summed E-state index contributed by atoms with van der Waals surface area (Å²) in [6.45, 7) is 0.548. The van der Waals surface area contributed by atoms with Gasteiger partial charge in [0.05, 0.1) is 4.88 Å². The molecule has 0 saturated carbocycles. The second kappa shape index (κ2) is 6.33. The van der Waals surface area contributed by atoms with Crippen molar-refractivity contribution in [1.82, 2.24) is 4.98 Å². The van der Waals surface area contributed by atoms with E-state index >= 15 is 0 Å². The van der Waals surface area contributed by atoms with Crippen LogP contribution in [-0.2, 0) is 6.61 Å². The molecule has 3 rings (SSSR count). The number of benzene rings is 2. The Labute approximate surface area is 126 Å². The Morgan fingerprint density at radius 1 is 1.05 bits per heavy atom. The molecular weight excluding hydrogens is 282 g/mol. The van der Waals surface area contributed by atoms with Gasteiger partial charge in [0.25, 0.3) is 0 Å². The third-order valence-electron chi connectivity index (χ3n) is 2.99. The first kappa shape index (κ1) is 13.5. The summed E-state index contributed by atoms with van der Waals surface area (Å²) in [5.74, 6) is 0.815. The van der Waals surface area contributed by atoms with Crippen LogP contribution >= 0.6 is 11.3 Å². The van der Waals surface area contributed by atoms with E-state index in [1.807, 2.05) is 54.6 Å². The Bertz CT molecular complexity index is 720. The van der Waals surface area contributed by atoms with Gasteiger partial charge in [0.1, 0.15) is 17.4 Å². The van der Waals surface area contributed by atoms with Crippen LogP contribution < -0.4 is 4.74 Å². The molecule has 2 aromatic carbocycles. The normalized spacial score (nSPS) is 10.3. The number of aldehydes is 1. The van der Waals surface area contributed by atoms with E-state index in [4.69, 9.17) is 4.74 Å². The van der Waals surface area contributed by atoms with E-state index in [0.29, 0.717) is 11.5 Å². The number of hydrogen-bond donors (Lipinski definition) is 0. The molecule has 3 nitrogen and oxygen atoms in total. The molecule has 0 spiro atoms. The standard InChI is InChI=1S/C17H13NO2S/c19-11-16-10-18-17(21-16)14-6-8-15(9-7-14)20-12-13-4-2-1-3-5-13/h1-11H,12H2. The summed E-state index contributed by atoms with van der Waals surface area (Å²) < 4.78 is 5.74. The number of nitrogens with zero attached hydrogens (tertiary/aromatic N) is 1. The van der Waals surface area contributed by atoms with Crippen LogP contribution in [0.25, 0.3) is 10.6 Å². The maximum Gasteiger partial charge on any atom is 0.161 e. The molecule has 0 bridgehead atoms. The van der Waals surface area contributed by atoms with Gasteiger partial charge in [-0.2, -0.15) is 0 Å².